The van der Waals surface area contributed by atoms with E-state index in [4.69, 9.17) is 6.42 Å². The summed E-state index contributed by atoms with van der Waals surface area (Å²) < 4.78 is 0. The molecule has 14 heavy (non-hydrogen) atoms. The maximum absolute atomic E-state index is 9.50. The van der Waals surface area contributed by atoms with Crippen molar-refractivity contribution >= 4 is 0 Å². The van der Waals surface area contributed by atoms with Crippen LogP contribution in [0.25, 0.3) is 0 Å². The van der Waals surface area contributed by atoms with E-state index in [0.29, 0.717) is 5.92 Å². The first kappa shape index (κ1) is 11.6. The zero-order valence-electron chi connectivity index (χ0n) is 9.21. The maximum atomic E-state index is 9.50. The zero-order valence-corrected chi connectivity index (χ0v) is 9.21. The number of hydrogen-bond acceptors (Lipinski definition) is 2. The van der Waals surface area contributed by atoms with Crippen LogP contribution < -0.4 is 5.32 Å². The van der Waals surface area contributed by atoms with E-state index in [9.17, 15) is 5.11 Å². The topological polar surface area (TPSA) is 32.3 Å². The smallest absolute Gasteiger partial charge is 0.0741 e. The van der Waals surface area contributed by atoms with Crippen molar-refractivity contribution in [3.8, 4) is 12.3 Å². The van der Waals surface area contributed by atoms with Gasteiger partial charge in [-0.2, -0.15) is 0 Å². The zero-order chi connectivity index (χ0) is 10.6. The Hall–Kier alpha value is -0.520. The van der Waals surface area contributed by atoms with Crippen molar-refractivity contribution in [1.29, 1.82) is 0 Å². The quantitative estimate of drug-likeness (QED) is 0.670. The van der Waals surface area contributed by atoms with Crippen LogP contribution in [-0.4, -0.2) is 23.3 Å². The minimum atomic E-state index is -0.220. The fourth-order valence-electron chi connectivity index (χ4n) is 1.90. The van der Waals surface area contributed by atoms with E-state index in [1.807, 2.05) is 13.8 Å². The predicted molar refractivity (Wildman–Crippen MR) is 58.9 cm³/mol. The number of hydrogen-bond donors (Lipinski definition) is 2. The van der Waals surface area contributed by atoms with Gasteiger partial charge in [0.2, 0.25) is 0 Å². The second-order valence-corrected chi connectivity index (χ2v) is 4.84. The number of rotatable bonds is 3. The Kier molecular flexibility index (Phi) is 3.97. The van der Waals surface area contributed by atoms with Crippen molar-refractivity contribution in [2.75, 3.05) is 6.54 Å². The first-order valence-electron chi connectivity index (χ1n) is 5.44. The normalized spacial score (nSPS) is 28.4. The van der Waals surface area contributed by atoms with E-state index < -0.39 is 0 Å². The highest BCUT2D eigenvalue weighted by Gasteiger charge is 2.22. The SMILES string of the molecule is C#CC(C)(C)NCC1CCCC(O)C1. The van der Waals surface area contributed by atoms with Crippen LogP contribution in [0.15, 0.2) is 0 Å². The third-order valence-electron chi connectivity index (χ3n) is 2.95. The molecule has 80 valence electrons. The Bertz CT molecular complexity index is 217. The number of terminal acetylenes is 1. The van der Waals surface area contributed by atoms with E-state index >= 15 is 0 Å². The standard InChI is InChI=1S/C12H21NO/c1-4-12(2,3)13-9-10-6-5-7-11(14)8-10/h1,10-11,13-14H,5-9H2,2-3H3. The van der Waals surface area contributed by atoms with Gasteiger partial charge < -0.3 is 10.4 Å². The first-order valence-corrected chi connectivity index (χ1v) is 5.44. The van der Waals surface area contributed by atoms with Gasteiger partial charge in [0, 0.05) is 0 Å². The second-order valence-electron chi connectivity index (χ2n) is 4.84. The fraction of sp³-hybridized carbons (Fsp3) is 0.833. The maximum Gasteiger partial charge on any atom is 0.0741 e. The molecule has 1 fully saturated rings. The number of nitrogens with one attached hydrogen (secondary N) is 1. The Morgan fingerprint density at radius 1 is 1.50 bits per heavy atom. The predicted octanol–water partition coefficient (Wildman–Crippen LogP) is 1.54. The van der Waals surface area contributed by atoms with Gasteiger partial charge in [-0.3, -0.25) is 0 Å². The lowest BCUT2D eigenvalue weighted by Gasteiger charge is -2.29. The van der Waals surface area contributed by atoms with Crippen LogP contribution in [0.1, 0.15) is 39.5 Å². The van der Waals surface area contributed by atoms with E-state index in [2.05, 4.69) is 11.2 Å². The minimum absolute atomic E-state index is 0.0931. The molecule has 2 nitrogen and oxygen atoms in total. The summed E-state index contributed by atoms with van der Waals surface area (Å²) in [6, 6.07) is 0. The van der Waals surface area contributed by atoms with Crippen LogP contribution in [-0.2, 0) is 0 Å². The van der Waals surface area contributed by atoms with E-state index in [1.54, 1.807) is 0 Å². The van der Waals surface area contributed by atoms with Gasteiger partial charge >= 0.3 is 0 Å². The van der Waals surface area contributed by atoms with Gasteiger partial charge in [-0.25, -0.2) is 0 Å². The molecule has 0 aromatic heterocycles. The van der Waals surface area contributed by atoms with Gasteiger partial charge in [-0.15, -0.1) is 6.42 Å². The Labute approximate surface area is 87.1 Å². The van der Waals surface area contributed by atoms with Gasteiger partial charge in [0.25, 0.3) is 0 Å². The molecule has 1 rings (SSSR count). The average Bonchev–Trinajstić information content (AvgIpc) is 2.15. The minimum Gasteiger partial charge on any atom is -0.393 e. The molecule has 0 bridgehead atoms. The lowest BCUT2D eigenvalue weighted by Crippen LogP contribution is -2.41. The van der Waals surface area contributed by atoms with E-state index in [1.165, 1.54) is 6.42 Å². The summed E-state index contributed by atoms with van der Waals surface area (Å²) >= 11 is 0. The van der Waals surface area contributed by atoms with Crippen LogP contribution >= 0.6 is 0 Å². The first-order chi connectivity index (χ1) is 6.53. The lowest BCUT2D eigenvalue weighted by atomic mass is 9.87. The summed E-state index contributed by atoms with van der Waals surface area (Å²) in [6.45, 7) is 4.94. The van der Waals surface area contributed by atoms with Gasteiger partial charge in [0.15, 0.2) is 0 Å². The Morgan fingerprint density at radius 2 is 2.21 bits per heavy atom. The van der Waals surface area contributed by atoms with Crippen LogP contribution in [0.2, 0.25) is 0 Å². The molecule has 0 aromatic rings. The van der Waals surface area contributed by atoms with Gasteiger partial charge in [-0.05, 0) is 45.6 Å². The van der Waals surface area contributed by atoms with Crippen molar-refractivity contribution in [2.24, 2.45) is 5.92 Å². The number of aliphatic hydroxyl groups excluding tert-OH is 1. The molecule has 0 amide bonds. The second kappa shape index (κ2) is 4.82. The van der Waals surface area contributed by atoms with E-state index in [0.717, 1.165) is 25.8 Å². The molecule has 2 N–H and O–H groups in total. The number of aliphatic hydroxyl groups is 1. The van der Waals surface area contributed by atoms with Crippen molar-refractivity contribution in [3.05, 3.63) is 0 Å². The highest BCUT2D eigenvalue weighted by Crippen LogP contribution is 2.23. The van der Waals surface area contributed by atoms with Crippen LogP contribution in [0.3, 0.4) is 0 Å². The molecule has 1 aliphatic rings. The van der Waals surface area contributed by atoms with Crippen molar-refractivity contribution in [1.82, 2.24) is 5.32 Å². The molecule has 0 radical (unpaired) electrons. The molecule has 2 atom stereocenters. The molecule has 0 spiro atoms. The summed E-state index contributed by atoms with van der Waals surface area (Å²) in [5, 5.41) is 12.8. The third kappa shape index (κ3) is 3.69. The molecule has 1 aliphatic carbocycles. The van der Waals surface area contributed by atoms with Crippen molar-refractivity contribution in [3.63, 3.8) is 0 Å². The molecule has 2 heteroatoms. The van der Waals surface area contributed by atoms with Gasteiger partial charge in [0.1, 0.15) is 0 Å². The summed E-state index contributed by atoms with van der Waals surface area (Å²) in [4.78, 5) is 0. The lowest BCUT2D eigenvalue weighted by molar-refractivity contribution is 0.0991. The Balaban J connectivity index is 2.28. The summed E-state index contributed by atoms with van der Waals surface area (Å²) in [5.41, 5.74) is -0.220. The van der Waals surface area contributed by atoms with Crippen molar-refractivity contribution < 1.29 is 5.11 Å². The fourth-order valence-corrected chi connectivity index (χ4v) is 1.90. The van der Waals surface area contributed by atoms with Crippen LogP contribution in [0, 0.1) is 18.3 Å². The summed E-state index contributed by atoms with van der Waals surface area (Å²) in [7, 11) is 0. The molecule has 0 aliphatic heterocycles. The molecule has 0 aromatic carbocycles. The van der Waals surface area contributed by atoms with Crippen molar-refractivity contribution in [2.45, 2.75) is 51.2 Å². The molecule has 2 unspecified atom stereocenters. The third-order valence-corrected chi connectivity index (χ3v) is 2.95. The van der Waals surface area contributed by atoms with E-state index in [-0.39, 0.29) is 11.6 Å². The molecular formula is C12H21NO. The average molecular weight is 195 g/mol. The highest BCUT2D eigenvalue weighted by atomic mass is 16.3. The molecule has 0 heterocycles. The largest absolute Gasteiger partial charge is 0.393 e. The molecule has 1 saturated carbocycles. The van der Waals surface area contributed by atoms with Gasteiger partial charge in [0.05, 0.1) is 11.6 Å². The summed E-state index contributed by atoms with van der Waals surface area (Å²) in [6.07, 6.45) is 9.54. The monoisotopic (exact) mass is 195 g/mol. The molecular weight excluding hydrogens is 174 g/mol. The molecule has 0 saturated heterocycles. The van der Waals surface area contributed by atoms with Crippen LogP contribution in [0.4, 0.5) is 0 Å². The van der Waals surface area contributed by atoms with Crippen LogP contribution in [0.5, 0.6) is 0 Å². The summed E-state index contributed by atoms with van der Waals surface area (Å²) in [5.74, 6) is 3.31. The van der Waals surface area contributed by atoms with Gasteiger partial charge in [-0.1, -0.05) is 12.3 Å². The Morgan fingerprint density at radius 3 is 2.79 bits per heavy atom. The highest BCUT2D eigenvalue weighted by molar-refractivity contribution is 5.07.